The van der Waals surface area contributed by atoms with Gasteiger partial charge in [-0.15, -0.1) is 0 Å². The Morgan fingerprint density at radius 3 is 2.69 bits per heavy atom. The molecule has 1 aliphatic carbocycles. The van der Waals surface area contributed by atoms with Gasteiger partial charge in [0.25, 0.3) is 5.91 Å². The zero-order valence-electron chi connectivity index (χ0n) is 17.1. The average molecular weight is 397 g/mol. The Balaban J connectivity index is 1.63. The maximum Gasteiger partial charge on any atom is 0.338 e. The van der Waals surface area contributed by atoms with E-state index in [1.165, 1.54) is 18.2 Å². The molecular weight excluding hydrogens is 370 g/mol. The standard InChI is InChI=1S/C23H27NO5/c1-4-28-20-13-12-17(14-21(20)27-3)23(26)29-15-22(25)24(2)19-11-7-9-16-8-5-6-10-18(16)19/h5-6,8,10,12-14,19H,4,7,9,11,15H2,1-3H3/t19-/m1/s1. The van der Waals surface area contributed by atoms with Crippen molar-refractivity contribution in [3.63, 3.8) is 0 Å². The topological polar surface area (TPSA) is 65.1 Å². The number of ether oxygens (including phenoxy) is 3. The average Bonchev–Trinajstić information content (AvgIpc) is 2.76. The molecule has 29 heavy (non-hydrogen) atoms. The fourth-order valence-electron chi connectivity index (χ4n) is 3.69. The van der Waals surface area contributed by atoms with Crippen LogP contribution in [0.25, 0.3) is 0 Å². The minimum atomic E-state index is -0.572. The van der Waals surface area contributed by atoms with Crippen LogP contribution in [0.5, 0.6) is 11.5 Å². The smallest absolute Gasteiger partial charge is 0.338 e. The third-order valence-electron chi connectivity index (χ3n) is 5.22. The normalized spacial score (nSPS) is 15.2. The first-order chi connectivity index (χ1) is 14.0. The first-order valence-corrected chi connectivity index (χ1v) is 9.86. The summed E-state index contributed by atoms with van der Waals surface area (Å²) >= 11 is 0. The monoisotopic (exact) mass is 397 g/mol. The van der Waals surface area contributed by atoms with Gasteiger partial charge in [-0.05, 0) is 55.5 Å². The second-order valence-corrected chi connectivity index (χ2v) is 6.99. The zero-order chi connectivity index (χ0) is 20.8. The summed E-state index contributed by atoms with van der Waals surface area (Å²) in [4.78, 5) is 26.7. The van der Waals surface area contributed by atoms with E-state index in [0.29, 0.717) is 23.7 Å². The Kier molecular flexibility index (Phi) is 6.75. The van der Waals surface area contributed by atoms with Crippen LogP contribution in [0.3, 0.4) is 0 Å². The highest BCUT2D eigenvalue weighted by atomic mass is 16.5. The molecule has 0 N–H and O–H groups in total. The van der Waals surface area contributed by atoms with Gasteiger partial charge in [0.1, 0.15) is 0 Å². The van der Waals surface area contributed by atoms with Crippen LogP contribution in [0.1, 0.15) is 47.3 Å². The zero-order valence-corrected chi connectivity index (χ0v) is 17.1. The maximum absolute atomic E-state index is 12.7. The molecule has 0 heterocycles. The number of carbonyl (C=O) groups excluding carboxylic acids is 2. The van der Waals surface area contributed by atoms with Gasteiger partial charge in [-0.3, -0.25) is 4.79 Å². The molecule has 2 aromatic rings. The minimum absolute atomic E-state index is 0.0109. The molecule has 0 saturated carbocycles. The molecule has 0 saturated heterocycles. The van der Waals surface area contributed by atoms with E-state index in [9.17, 15) is 9.59 Å². The van der Waals surface area contributed by atoms with E-state index in [0.717, 1.165) is 19.3 Å². The van der Waals surface area contributed by atoms with Crippen molar-refractivity contribution in [3.05, 3.63) is 59.2 Å². The predicted octanol–water partition coefficient (Wildman–Crippen LogP) is 3.79. The van der Waals surface area contributed by atoms with E-state index in [1.807, 2.05) is 19.1 Å². The van der Waals surface area contributed by atoms with Crippen molar-refractivity contribution in [3.8, 4) is 11.5 Å². The van der Waals surface area contributed by atoms with Crippen molar-refractivity contribution in [2.75, 3.05) is 27.4 Å². The van der Waals surface area contributed by atoms with E-state index < -0.39 is 5.97 Å². The number of nitrogens with zero attached hydrogens (tertiary/aromatic N) is 1. The van der Waals surface area contributed by atoms with Gasteiger partial charge in [0.2, 0.25) is 0 Å². The molecule has 0 aromatic heterocycles. The number of rotatable bonds is 7. The molecule has 3 rings (SSSR count). The second-order valence-electron chi connectivity index (χ2n) is 6.99. The number of likely N-dealkylation sites (N-methyl/N-ethyl adjacent to an activating group) is 1. The van der Waals surface area contributed by atoms with Gasteiger partial charge in [-0.25, -0.2) is 4.79 Å². The van der Waals surface area contributed by atoms with Gasteiger partial charge in [0.05, 0.1) is 25.3 Å². The molecule has 1 atom stereocenters. The van der Waals surface area contributed by atoms with Crippen molar-refractivity contribution in [2.45, 2.75) is 32.2 Å². The molecule has 0 aliphatic heterocycles. The maximum atomic E-state index is 12.7. The molecule has 0 radical (unpaired) electrons. The molecule has 1 amide bonds. The third kappa shape index (κ3) is 4.70. The number of amides is 1. The third-order valence-corrected chi connectivity index (χ3v) is 5.22. The lowest BCUT2D eigenvalue weighted by atomic mass is 9.87. The van der Waals surface area contributed by atoms with Crippen LogP contribution in [0.2, 0.25) is 0 Å². The lowest BCUT2D eigenvalue weighted by molar-refractivity contribution is -0.135. The molecule has 2 aromatic carbocycles. The number of methoxy groups -OCH3 is 1. The molecular formula is C23H27NO5. The molecule has 1 aliphatic rings. The molecule has 6 nitrogen and oxygen atoms in total. The Morgan fingerprint density at radius 2 is 1.93 bits per heavy atom. The first kappa shape index (κ1) is 20.7. The van der Waals surface area contributed by atoms with Crippen LogP contribution >= 0.6 is 0 Å². The summed E-state index contributed by atoms with van der Waals surface area (Å²) in [6.07, 6.45) is 2.97. The van der Waals surface area contributed by atoms with Crippen LogP contribution < -0.4 is 9.47 Å². The van der Waals surface area contributed by atoms with Crippen LogP contribution in [0.15, 0.2) is 42.5 Å². The van der Waals surface area contributed by atoms with E-state index >= 15 is 0 Å². The fraction of sp³-hybridized carbons (Fsp3) is 0.391. The van der Waals surface area contributed by atoms with Gasteiger partial charge in [0, 0.05) is 7.05 Å². The van der Waals surface area contributed by atoms with Gasteiger partial charge >= 0.3 is 5.97 Å². The van der Waals surface area contributed by atoms with Crippen molar-refractivity contribution in [1.82, 2.24) is 4.90 Å². The van der Waals surface area contributed by atoms with Gasteiger partial charge < -0.3 is 19.1 Å². The Morgan fingerprint density at radius 1 is 1.14 bits per heavy atom. The van der Waals surface area contributed by atoms with Gasteiger partial charge in [-0.2, -0.15) is 0 Å². The largest absolute Gasteiger partial charge is 0.493 e. The summed E-state index contributed by atoms with van der Waals surface area (Å²) < 4.78 is 16.0. The number of carbonyl (C=O) groups is 2. The predicted molar refractivity (Wildman–Crippen MR) is 109 cm³/mol. The highest BCUT2D eigenvalue weighted by molar-refractivity contribution is 5.92. The summed E-state index contributed by atoms with van der Waals surface area (Å²) in [5, 5.41) is 0. The molecule has 154 valence electrons. The molecule has 0 fully saturated rings. The van der Waals surface area contributed by atoms with E-state index in [4.69, 9.17) is 14.2 Å². The van der Waals surface area contributed by atoms with Crippen molar-refractivity contribution < 1.29 is 23.8 Å². The first-order valence-electron chi connectivity index (χ1n) is 9.86. The van der Waals surface area contributed by atoms with Gasteiger partial charge in [0.15, 0.2) is 18.1 Å². The fourth-order valence-corrected chi connectivity index (χ4v) is 3.69. The Hall–Kier alpha value is -3.02. The summed E-state index contributed by atoms with van der Waals surface area (Å²) in [5.74, 6) is 0.206. The molecule has 0 unspecified atom stereocenters. The minimum Gasteiger partial charge on any atom is -0.493 e. The number of benzene rings is 2. The molecule has 0 bridgehead atoms. The summed E-state index contributed by atoms with van der Waals surface area (Å²) in [6, 6.07) is 13.0. The number of aryl methyl sites for hydroxylation is 1. The highest BCUT2D eigenvalue weighted by Gasteiger charge is 2.27. The number of fused-ring (bicyclic) bond motifs is 1. The van der Waals surface area contributed by atoms with Crippen LogP contribution in [-0.2, 0) is 16.0 Å². The Labute approximate surface area is 171 Å². The summed E-state index contributed by atoms with van der Waals surface area (Å²) in [5.41, 5.74) is 2.77. The highest BCUT2D eigenvalue weighted by Crippen LogP contribution is 2.33. The van der Waals surface area contributed by atoms with E-state index in [1.54, 1.807) is 30.1 Å². The number of hydrogen-bond acceptors (Lipinski definition) is 5. The summed E-state index contributed by atoms with van der Waals surface area (Å²) in [7, 11) is 3.27. The number of esters is 1. The molecule has 6 heteroatoms. The quantitative estimate of drug-likeness (QED) is 0.665. The van der Waals surface area contributed by atoms with Crippen LogP contribution in [0, 0.1) is 0 Å². The van der Waals surface area contributed by atoms with E-state index in [-0.39, 0.29) is 18.6 Å². The van der Waals surface area contributed by atoms with Crippen molar-refractivity contribution in [1.29, 1.82) is 0 Å². The SMILES string of the molecule is CCOc1ccc(C(=O)OCC(=O)N(C)[C@@H]2CCCc3ccccc32)cc1OC. The summed E-state index contributed by atoms with van der Waals surface area (Å²) in [6.45, 7) is 2.06. The van der Waals surface area contributed by atoms with Crippen LogP contribution in [-0.4, -0.2) is 44.1 Å². The lowest BCUT2D eigenvalue weighted by Crippen LogP contribution is -2.36. The second kappa shape index (κ2) is 9.45. The van der Waals surface area contributed by atoms with Crippen molar-refractivity contribution >= 4 is 11.9 Å². The van der Waals surface area contributed by atoms with Gasteiger partial charge in [-0.1, -0.05) is 24.3 Å². The molecule has 0 spiro atoms. The van der Waals surface area contributed by atoms with Crippen molar-refractivity contribution in [2.24, 2.45) is 0 Å². The van der Waals surface area contributed by atoms with E-state index in [2.05, 4.69) is 12.1 Å². The lowest BCUT2D eigenvalue weighted by Gasteiger charge is -2.33. The Bertz CT molecular complexity index is 879. The van der Waals surface area contributed by atoms with Crippen LogP contribution in [0.4, 0.5) is 0 Å². The number of hydrogen-bond donors (Lipinski definition) is 0.